The van der Waals surface area contributed by atoms with Gasteiger partial charge < -0.3 is 15.5 Å². The van der Waals surface area contributed by atoms with E-state index in [-0.39, 0.29) is 30.4 Å². The van der Waals surface area contributed by atoms with Crippen LogP contribution < -0.4 is 10.6 Å². The van der Waals surface area contributed by atoms with Gasteiger partial charge in [-0.05, 0) is 11.6 Å². The van der Waals surface area contributed by atoms with Crippen molar-refractivity contribution >= 4 is 11.9 Å². The molecule has 0 bridgehead atoms. The van der Waals surface area contributed by atoms with E-state index in [4.69, 9.17) is 0 Å². The lowest BCUT2D eigenvalue weighted by atomic mass is 10.1. The molecule has 11 heteroatoms. The van der Waals surface area contributed by atoms with Crippen molar-refractivity contribution in [2.45, 2.75) is 12.7 Å². The standard InChI is InChI=1S/C16H17F3N6O2/c17-16(18,19)12-4-2-1-3-11(12)9-25-10-13(22-23-25)14(26)20-5-7-24-8-6-21-15(24)27/h1-4,10H,5-9H2,(H,20,26)(H,21,27). The Morgan fingerprint density at radius 1 is 1.30 bits per heavy atom. The predicted molar refractivity (Wildman–Crippen MR) is 87.9 cm³/mol. The van der Waals surface area contributed by atoms with E-state index in [2.05, 4.69) is 20.9 Å². The van der Waals surface area contributed by atoms with E-state index < -0.39 is 17.6 Å². The quantitative estimate of drug-likeness (QED) is 0.783. The van der Waals surface area contributed by atoms with Crippen molar-refractivity contribution in [2.24, 2.45) is 0 Å². The summed E-state index contributed by atoms with van der Waals surface area (Å²) in [6, 6.07) is 4.98. The first-order chi connectivity index (χ1) is 12.8. The highest BCUT2D eigenvalue weighted by atomic mass is 19.4. The second-order valence-corrected chi connectivity index (χ2v) is 5.93. The molecule has 2 N–H and O–H groups in total. The maximum absolute atomic E-state index is 13.0. The minimum absolute atomic E-state index is 0.00892. The van der Waals surface area contributed by atoms with Gasteiger partial charge in [-0.25, -0.2) is 9.48 Å². The highest BCUT2D eigenvalue weighted by Gasteiger charge is 2.33. The molecule has 2 heterocycles. The van der Waals surface area contributed by atoms with Crippen LogP contribution in [0.5, 0.6) is 0 Å². The number of carbonyl (C=O) groups is 2. The Morgan fingerprint density at radius 2 is 2.07 bits per heavy atom. The molecule has 1 aliphatic rings. The second-order valence-electron chi connectivity index (χ2n) is 5.93. The van der Waals surface area contributed by atoms with Gasteiger partial charge in [0.15, 0.2) is 5.69 Å². The van der Waals surface area contributed by atoms with Crippen LogP contribution in [-0.2, 0) is 12.7 Å². The molecule has 144 valence electrons. The molecule has 1 aromatic carbocycles. The van der Waals surface area contributed by atoms with Crippen molar-refractivity contribution in [3.63, 3.8) is 0 Å². The van der Waals surface area contributed by atoms with E-state index in [1.165, 1.54) is 29.1 Å². The third-order valence-corrected chi connectivity index (χ3v) is 4.04. The predicted octanol–water partition coefficient (Wildman–Crippen LogP) is 1.10. The van der Waals surface area contributed by atoms with Crippen molar-refractivity contribution in [3.8, 4) is 0 Å². The van der Waals surface area contributed by atoms with Crippen molar-refractivity contribution in [2.75, 3.05) is 26.2 Å². The number of nitrogens with zero attached hydrogens (tertiary/aromatic N) is 4. The minimum Gasteiger partial charge on any atom is -0.349 e. The Kier molecular flexibility index (Phi) is 5.28. The summed E-state index contributed by atoms with van der Waals surface area (Å²) in [5, 5.41) is 12.7. The zero-order chi connectivity index (χ0) is 19.4. The first-order valence-electron chi connectivity index (χ1n) is 8.21. The summed E-state index contributed by atoms with van der Waals surface area (Å²) < 4.78 is 40.3. The van der Waals surface area contributed by atoms with Crippen LogP contribution in [0.1, 0.15) is 21.6 Å². The average Bonchev–Trinajstić information content (AvgIpc) is 3.24. The van der Waals surface area contributed by atoms with Gasteiger partial charge in [-0.1, -0.05) is 23.4 Å². The van der Waals surface area contributed by atoms with E-state index in [0.29, 0.717) is 19.6 Å². The molecule has 0 unspecified atom stereocenters. The third kappa shape index (κ3) is 4.54. The zero-order valence-electron chi connectivity index (χ0n) is 14.2. The van der Waals surface area contributed by atoms with Crippen LogP contribution >= 0.6 is 0 Å². The monoisotopic (exact) mass is 382 g/mol. The summed E-state index contributed by atoms with van der Waals surface area (Å²) in [6.45, 7) is 1.56. The van der Waals surface area contributed by atoms with Crippen molar-refractivity contribution in [3.05, 3.63) is 47.3 Å². The summed E-state index contributed by atoms with van der Waals surface area (Å²) in [7, 11) is 0. The fraction of sp³-hybridized carbons (Fsp3) is 0.375. The van der Waals surface area contributed by atoms with Crippen LogP contribution in [0.3, 0.4) is 0 Å². The molecule has 3 amide bonds. The van der Waals surface area contributed by atoms with Gasteiger partial charge in [-0.15, -0.1) is 5.10 Å². The molecular formula is C16H17F3N6O2. The topological polar surface area (TPSA) is 92.2 Å². The molecule has 1 aliphatic heterocycles. The second kappa shape index (κ2) is 7.64. The van der Waals surface area contributed by atoms with Gasteiger partial charge in [0, 0.05) is 26.2 Å². The first kappa shape index (κ1) is 18.7. The van der Waals surface area contributed by atoms with Crippen LogP contribution in [0.25, 0.3) is 0 Å². The highest BCUT2D eigenvalue weighted by Crippen LogP contribution is 2.32. The lowest BCUT2D eigenvalue weighted by Gasteiger charge is -2.13. The Labute approximate surface area is 152 Å². The summed E-state index contributed by atoms with van der Waals surface area (Å²) in [5.41, 5.74) is -0.734. The Morgan fingerprint density at radius 3 is 2.78 bits per heavy atom. The Bertz CT molecular complexity index is 836. The first-order valence-corrected chi connectivity index (χ1v) is 8.21. The van der Waals surface area contributed by atoms with Crippen molar-refractivity contribution in [1.82, 2.24) is 30.5 Å². The SMILES string of the molecule is O=C(NCCN1CCNC1=O)c1cn(Cc2ccccc2C(F)(F)F)nn1. The van der Waals surface area contributed by atoms with Gasteiger partial charge in [0.2, 0.25) is 0 Å². The van der Waals surface area contributed by atoms with Crippen LogP contribution in [0, 0.1) is 0 Å². The molecule has 0 radical (unpaired) electrons. The maximum atomic E-state index is 13.0. The lowest BCUT2D eigenvalue weighted by molar-refractivity contribution is -0.138. The van der Waals surface area contributed by atoms with Crippen LogP contribution in [0.4, 0.5) is 18.0 Å². The van der Waals surface area contributed by atoms with Gasteiger partial charge in [0.05, 0.1) is 18.3 Å². The van der Waals surface area contributed by atoms with Gasteiger partial charge in [-0.2, -0.15) is 13.2 Å². The molecular weight excluding hydrogens is 365 g/mol. The fourth-order valence-corrected chi connectivity index (χ4v) is 2.71. The molecule has 8 nitrogen and oxygen atoms in total. The number of halogens is 3. The Balaban J connectivity index is 1.58. The number of hydrogen-bond donors (Lipinski definition) is 2. The molecule has 0 atom stereocenters. The molecule has 0 saturated carbocycles. The van der Waals surface area contributed by atoms with E-state index in [9.17, 15) is 22.8 Å². The number of carbonyl (C=O) groups excluding carboxylic acids is 2. The molecule has 2 aromatic rings. The van der Waals surface area contributed by atoms with E-state index in [1.54, 1.807) is 4.90 Å². The van der Waals surface area contributed by atoms with Crippen molar-refractivity contribution in [1.29, 1.82) is 0 Å². The van der Waals surface area contributed by atoms with Gasteiger partial charge in [0.25, 0.3) is 5.91 Å². The minimum atomic E-state index is -4.47. The number of benzene rings is 1. The maximum Gasteiger partial charge on any atom is 0.416 e. The third-order valence-electron chi connectivity index (χ3n) is 4.04. The molecule has 1 fully saturated rings. The number of rotatable bonds is 6. The van der Waals surface area contributed by atoms with E-state index in [0.717, 1.165) is 6.07 Å². The number of alkyl halides is 3. The number of nitrogens with one attached hydrogen (secondary N) is 2. The largest absolute Gasteiger partial charge is 0.416 e. The number of amides is 3. The summed E-state index contributed by atoms with van der Waals surface area (Å²) in [4.78, 5) is 25.0. The van der Waals surface area contributed by atoms with Crippen LogP contribution in [0.2, 0.25) is 0 Å². The fourth-order valence-electron chi connectivity index (χ4n) is 2.71. The summed E-state index contributed by atoms with van der Waals surface area (Å²) in [6.07, 6.45) is -3.19. The highest BCUT2D eigenvalue weighted by molar-refractivity contribution is 5.91. The average molecular weight is 382 g/mol. The Hall–Kier alpha value is -3.11. The molecule has 27 heavy (non-hydrogen) atoms. The smallest absolute Gasteiger partial charge is 0.349 e. The zero-order valence-corrected chi connectivity index (χ0v) is 14.2. The molecule has 0 aliphatic carbocycles. The molecule has 0 spiro atoms. The normalized spacial score (nSPS) is 14.3. The van der Waals surface area contributed by atoms with Gasteiger partial charge in [-0.3, -0.25) is 4.79 Å². The summed E-state index contributed by atoms with van der Waals surface area (Å²) in [5.74, 6) is -0.509. The van der Waals surface area contributed by atoms with Crippen LogP contribution in [-0.4, -0.2) is 58.0 Å². The van der Waals surface area contributed by atoms with Gasteiger partial charge in [0.1, 0.15) is 0 Å². The van der Waals surface area contributed by atoms with Crippen molar-refractivity contribution < 1.29 is 22.8 Å². The van der Waals surface area contributed by atoms with Crippen LogP contribution in [0.15, 0.2) is 30.5 Å². The molecule has 1 saturated heterocycles. The summed E-state index contributed by atoms with van der Waals surface area (Å²) >= 11 is 0. The lowest BCUT2D eigenvalue weighted by Crippen LogP contribution is -2.36. The van der Waals surface area contributed by atoms with E-state index in [1.807, 2.05) is 0 Å². The van der Waals surface area contributed by atoms with Gasteiger partial charge >= 0.3 is 12.2 Å². The molecule has 3 rings (SSSR count). The van der Waals surface area contributed by atoms with E-state index >= 15 is 0 Å². The molecule has 1 aromatic heterocycles. The number of urea groups is 1. The number of aromatic nitrogens is 3. The number of hydrogen-bond acceptors (Lipinski definition) is 4.